The van der Waals surface area contributed by atoms with Crippen LogP contribution in [0.2, 0.25) is 0 Å². The van der Waals surface area contributed by atoms with Gasteiger partial charge in [0.15, 0.2) is 0 Å². The van der Waals surface area contributed by atoms with E-state index in [9.17, 15) is 10.1 Å². The Labute approximate surface area is 126 Å². The average molecular weight is 307 g/mol. The van der Waals surface area contributed by atoms with E-state index in [0.29, 0.717) is 18.2 Å². The number of hydrogen-bond acceptors (Lipinski definition) is 7. The van der Waals surface area contributed by atoms with Crippen molar-refractivity contribution in [2.45, 2.75) is 26.3 Å². The van der Waals surface area contributed by atoms with E-state index < -0.39 is 10.5 Å². The van der Waals surface area contributed by atoms with E-state index in [0.717, 1.165) is 5.01 Å². The monoisotopic (exact) mass is 307 g/mol. The Bertz CT molecular complexity index is 627. The smallest absolute Gasteiger partial charge is 0.276 e. The zero-order chi connectivity index (χ0) is 15.5. The van der Waals surface area contributed by atoms with E-state index >= 15 is 0 Å². The van der Waals surface area contributed by atoms with E-state index in [1.54, 1.807) is 6.20 Å². The second-order valence-electron chi connectivity index (χ2n) is 4.97. The number of pyridine rings is 1. The molecule has 8 heteroatoms. The van der Waals surface area contributed by atoms with Gasteiger partial charge >= 0.3 is 0 Å². The fourth-order valence-corrected chi connectivity index (χ4v) is 2.58. The minimum Gasteiger partial charge on any atom is -0.370 e. The first-order valence-electron chi connectivity index (χ1n) is 6.51. The van der Waals surface area contributed by atoms with Gasteiger partial charge in [-0.05, 0) is 20.8 Å². The number of rotatable bonds is 6. The summed E-state index contributed by atoms with van der Waals surface area (Å²) in [5.41, 5.74) is -0.460. The normalized spacial score (nSPS) is 11.2. The molecular weight excluding hydrogens is 290 g/mol. The highest BCUT2D eigenvalue weighted by atomic mass is 32.1. The number of nitrogens with zero attached hydrogens (tertiary/aromatic N) is 3. The van der Waals surface area contributed by atoms with Crippen LogP contribution in [0.25, 0.3) is 0 Å². The fourth-order valence-electron chi connectivity index (χ4n) is 1.86. The Morgan fingerprint density at radius 1 is 1.38 bits per heavy atom. The maximum atomic E-state index is 11.0. The number of anilines is 2. The van der Waals surface area contributed by atoms with Crippen LogP contribution in [0.1, 0.15) is 25.8 Å². The van der Waals surface area contributed by atoms with Gasteiger partial charge in [0.1, 0.15) is 16.6 Å². The van der Waals surface area contributed by atoms with E-state index in [4.69, 9.17) is 0 Å². The summed E-state index contributed by atoms with van der Waals surface area (Å²) in [7, 11) is 0. The fraction of sp³-hybridized carbons (Fsp3) is 0.385. The molecule has 112 valence electrons. The Morgan fingerprint density at radius 3 is 2.67 bits per heavy atom. The minimum absolute atomic E-state index is 0.00149. The first-order valence-corrected chi connectivity index (χ1v) is 7.39. The van der Waals surface area contributed by atoms with Crippen LogP contribution in [0.15, 0.2) is 23.7 Å². The summed E-state index contributed by atoms with van der Waals surface area (Å²) in [4.78, 5) is 19.2. The number of nitrogens with one attached hydrogen (secondary N) is 2. The van der Waals surface area contributed by atoms with Crippen molar-refractivity contribution in [1.29, 1.82) is 0 Å². The second-order valence-corrected chi connectivity index (χ2v) is 5.87. The molecule has 7 nitrogen and oxygen atoms in total. The molecule has 2 N–H and O–H groups in total. The van der Waals surface area contributed by atoms with Crippen molar-refractivity contribution >= 4 is 28.7 Å². The standard InChI is InChI=1S/C13H17N5O2S/c1-4-14-10-7-9(18(19)20)8-11(16-10)17-13(2,3)12-15-5-6-21-12/h5-8H,4H2,1-3H3,(H2,14,16,17). The SMILES string of the molecule is CCNc1cc([N+](=O)[O-])cc(NC(C)(C)c2nccs2)n1. The summed E-state index contributed by atoms with van der Waals surface area (Å²) in [6.07, 6.45) is 1.73. The van der Waals surface area contributed by atoms with Gasteiger partial charge in [0.05, 0.1) is 22.6 Å². The lowest BCUT2D eigenvalue weighted by Gasteiger charge is -2.24. The Balaban J connectivity index is 2.32. The van der Waals surface area contributed by atoms with Gasteiger partial charge in [0.25, 0.3) is 5.69 Å². The summed E-state index contributed by atoms with van der Waals surface area (Å²) in [5.74, 6) is 0.921. The van der Waals surface area contributed by atoms with E-state index in [1.165, 1.54) is 23.5 Å². The second kappa shape index (κ2) is 6.04. The van der Waals surface area contributed by atoms with E-state index in [2.05, 4.69) is 20.6 Å². The molecule has 0 bridgehead atoms. The van der Waals surface area contributed by atoms with Gasteiger partial charge in [-0.2, -0.15) is 0 Å². The van der Waals surface area contributed by atoms with Crippen LogP contribution in [-0.2, 0) is 5.54 Å². The predicted molar refractivity (Wildman–Crippen MR) is 83.8 cm³/mol. The van der Waals surface area contributed by atoms with E-state index in [1.807, 2.05) is 26.2 Å². The molecule has 0 amide bonds. The minimum atomic E-state index is -0.458. The summed E-state index contributed by atoms with van der Waals surface area (Å²) in [6.45, 7) is 6.47. The van der Waals surface area contributed by atoms with Gasteiger partial charge in [-0.1, -0.05) is 0 Å². The first-order chi connectivity index (χ1) is 9.92. The predicted octanol–water partition coefficient (Wildman–Crippen LogP) is 3.23. The molecule has 0 aliphatic carbocycles. The van der Waals surface area contributed by atoms with Crippen molar-refractivity contribution < 1.29 is 4.92 Å². The molecule has 2 aromatic rings. The molecule has 0 atom stereocenters. The van der Waals surface area contributed by atoms with Gasteiger partial charge < -0.3 is 10.6 Å². The summed E-state index contributed by atoms with van der Waals surface area (Å²) < 4.78 is 0. The molecular formula is C13H17N5O2S. The van der Waals surface area contributed by atoms with Crippen LogP contribution in [0.3, 0.4) is 0 Å². The zero-order valence-corrected chi connectivity index (χ0v) is 12.9. The van der Waals surface area contributed by atoms with Crippen LogP contribution in [0, 0.1) is 10.1 Å². The third-order valence-corrected chi connectivity index (χ3v) is 3.88. The van der Waals surface area contributed by atoms with Gasteiger partial charge in [0, 0.05) is 18.1 Å². The lowest BCUT2D eigenvalue weighted by molar-refractivity contribution is -0.384. The van der Waals surface area contributed by atoms with Crippen LogP contribution in [0.5, 0.6) is 0 Å². The van der Waals surface area contributed by atoms with Crippen molar-refractivity contribution in [3.63, 3.8) is 0 Å². The molecule has 21 heavy (non-hydrogen) atoms. The number of thiazole rings is 1. The van der Waals surface area contributed by atoms with Gasteiger partial charge in [0.2, 0.25) is 0 Å². The quantitative estimate of drug-likeness (QED) is 0.628. The van der Waals surface area contributed by atoms with Crippen molar-refractivity contribution in [3.05, 3.63) is 38.8 Å². The van der Waals surface area contributed by atoms with Crippen molar-refractivity contribution in [2.75, 3.05) is 17.2 Å². The number of aromatic nitrogens is 2. The maximum absolute atomic E-state index is 11.0. The molecule has 0 saturated carbocycles. The van der Waals surface area contributed by atoms with Gasteiger partial charge in [-0.3, -0.25) is 10.1 Å². The van der Waals surface area contributed by atoms with Gasteiger partial charge in [-0.15, -0.1) is 11.3 Å². The molecule has 0 aliphatic rings. The Morgan fingerprint density at radius 2 is 2.10 bits per heavy atom. The summed E-state index contributed by atoms with van der Waals surface area (Å²) >= 11 is 1.52. The molecule has 2 rings (SSSR count). The van der Waals surface area contributed by atoms with Crippen LogP contribution < -0.4 is 10.6 Å². The third kappa shape index (κ3) is 3.66. The molecule has 0 unspecified atom stereocenters. The molecule has 0 aromatic carbocycles. The highest BCUT2D eigenvalue weighted by molar-refractivity contribution is 7.09. The van der Waals surface area contributed by atoms with Crippen LogP contribution in [-0.4, -0.2) is 21.4 Å². The summed E-state index contributed by atoms with van der Waals surface area (Å²) in [5, 5.41) is 20.0. The molecule has 0 saturated heterocycles. The lowest BCUT2D eigenvalue weighted by Crippen LogP contribution is -2.28. The van der Waals surface area contributed by atoms with Crippen molar-refractivity contribution in [2.24, 2.45) is 0 Å². The zero-order valence-electron chi connectivity index (χ0n) is 12.1. The molecule has 2 aromatic heterocycles. The highest BCUT2D eigenvalue weighted by Crippen LogP contribution is 2.29. The highest BCUT2D eigenvalue weighted by Gasteiger charge is 2.24. The molecule has 0 aliphatic heterocycles. The maximum Gasteiger partial charge on any atom is 0.276 e. The van der Waals surface area contributed by atoms with Crippen LogP contribution in [0.4, 0.5) is 17.3 Å². The molecule has 0 spiro atoms. The number of hydrogen-bond donors (Lipinski definition) is 2. The Kier molecular flexibility index (Phi) is 4.37. The topological polar surface area (TPSA) is 93.0 Å². The van der Waals surface area contributed by atoms with Crippen molar-refractivity contribution in [1.82, 2.24) is 9.97 Å². The molecule has 0 fully saturated rings. The summed E-state index contributed by atoms with van der Waals surface area (Å²) in [6, 6.07) is 2.85. The average Bonchev–Trinajstić information content (AvgIpc) is 2.92. The van der Waals surface area contributed by atoms with E-state index in [-0.39, 0.29) is 5.69 Å². The number of nitro groups is 1. The first kappa shape index (κ1) is 15.2. The Hall–Kier alpha value is -2.22. The molecule has 2 heterocycles. The van der Waals surface area contributed by atoms with Gasteiger partial charge in [-0.25, -0.2) is 9.97 Å². The molecule has 0 radical (unpaired) electrons. The lowest BCUT2D eigenvalue weighted by atomic mass is 10.1. The largest absolute Gasteiger partial charge is 0.370 e. The van der Waals surface area contributed by atoms with Crippen molar-refractivity contribution in [3.8, 4) is 0 Å². The van der Waals surface area contributed by atoms with Crippen LogP contribution >= 0.6 is 11.3 Å². The third-order valence-electron chi connectivity index (χ3n) is 2.79.